The van der Waals surface area contributed by atoms with Crippen LogP contribution in [0.2, 0.25) is 0 Å². The Bertz CT molecular complexity index is 823. The average molecular weight is 308 g/mol. The van der Waals surface area contributed by atoms with Crippen LogP contribution in [-0.4, -0.2) is 21.3 Å². The third-order valence-corrected chi connectivity index (χ3v) is 4.71. The van der Waals surface area contributed by atoms with E-state index in [-0.39, 0.29) is 0 Å². The van der Waals surface area contributed by atoms with Crippen LogP contribution in [0, 0.1) is 6.92 Å². The number of benzene rings is 1. The van der Waals surface area contributed by atoms with Crippen LogP contribution < -0.4 is 5.32 Å². The first-order valence-corrected chi connectivity index (χ1v) is 8.50. The number of H-pyrrole nitrogens is 1. The molecule has 0 radical (unpaired) electrons. The summed E-state index contributed by atoms with van der Waals surface area (Å²) in [5.41, 5.74) is 6.61. The molecule has 2 heterocycles. The second-order valence-electron chi connectivity index (χ2n) is 6.78. The first-order valence-electron chi connectivity index (χ1n) is 8.50. The van der Waals surface area contributed by atoms with Gasteiger partial charge in [0.05, 0.1) is 5.69 Å². The van der Waals surface area contributed by atoms with Gasteiger partial charge in [0.25, 0.3) is 0 Å². The van der Waals surface area contributed by atoms with Gasteiger partial charge in [0.1, 0.15) is 0 Å². The Morgan fingerprint density at radius 1 is 1.30 bits per heavy atom. The molecule has 1 saturated carbocycles. The predicted octanol–water partition coefficient (Wildman–Crippen LogP) is 3.42. The zero-order chi connectivity index (χ0) is 15.8. The minimum absolute atomic E-state index is 0.713. The number of hydrogen-bond acceptors (Lipinski definition) is 2. The molecule has 0 bridgehead atoms. The van der Waals surface area contributed by atoms with Gasteiger partial charge < -0.3 is 10.3 Å². The topological polar surface area (TPSA) is 45.6 Å². The maximum Gasteiger partial charge on any atom is 0.0700 e. The molecular weight excluding hydrogens is 284 g/mol. The average Bonchev–Trinajstić information content (AvgIpc) is 3.20. The minimum atomic E-state index is 0.713. The molecule has 0 spiro atoms. The number of nitrogens with zero attached hydrogens (tertiary/aromatic N) is 2. The molecule has 0 aliphatic heterocycles. The molecule has 1 aromatic carbocycles. The summed E-state index contributed by atoms with van der Waals surface area (Å²) >= 11 is 0. The quantitative estimate of drug-likeness (QED) is 0.685. The maximum atomic E-state index is 4.62. The zero-order valence-electron chi connectivity index (χ0n) is 13.9. The van der Waals surface area contributed by atoms with Gasteiger partial charge in [0, 0.05) is 48.4 Å². The minimum Gasteiger partial charge on any atom is -0.361 e. The number of aromatic nitrogens is 3. The second kappa shape index (κ2) is 5.85. The summed E-state index contributed by atoms with van der Waals surface area (Å²) in [7, 11) is 2.02. The van der Waals surface area contributed by atoms with E-state index in [4.69, 9.17) is 0 Å². The van der Waals surface area contributed by atoms with Gasteiger partial charge in [-0.25, -0.2) is 0 Å². The molecule has 23 heavy (non-hydrogen) atoms. The Hall–Kier alpha value is -2.07. The lowest BCUT2D eigenvalue weighted by Gasteiger charge is -2.05. The van der Waals surface area contributed by atoms with Crippen molar-refractivity contribution in [2.24, 2.45) is 7.05 Å². The van der Waals surface area contributed by atoms with Gasteiger partial charge in [-0.2, -0.15) is 5.10 Å². The smallest absolute Gasteiger partial charge is 0.0700 e. The Kier molecular flexibility index (Phi) is 3.69. The molecule has 1 fully saturated rings. The number of rotatable bonds is 6. The van der Waals surface area contributed by atoms with Crippen LogP contribution in [0.1, 0.15) is 41.1 Å². The summed E-state index contributed by atoms with van der Waals surface area (Å²) in [6, 6.07) is 6.59. The van der Waals surface area contributed by atoms with Crippen LogP contribution >= 0.6 is 0 Å². The van der Waals surface area contributed by atoms with E-state index in [1.165, 1.54) is 46.1 Å². The highest BCUT2D eigenvalue weighted by Gasteiger charge is 2.28. The molecule has 4 heteroatoms. The van der Waals surface area contributed by atoms with Crippen LogP contribution in [0.25, 0.3) is 10.9 Å². The van der Waals surface area contributed by atoms with E-state index in [1.807, 2.05) is 11.7 Å². The van der Waals surface area contributed by atoms with Crippen molar-refractivity contribution in [1.29, 1.82) is 0 Å². The second-order valence-corrected chi connectivity index (χ2v) is 6.78. The van der Waals surface area contributed by atoms with Crippen molar-refractivity contribution in [3.63, 3.8) is 0 Å². The highest BCUT2D eigenvalue weighted by atomic mass is 15.3. The molecule has 0 amide bonds. The molecule has 4 rings (SSSR count). The van der Waals surface area contributed by atoms with Crippen LogP contribution in [0.4, 0.5) is 0 Å². The molecular formula is C19H24N4. The Morgan fingerprint density at radius 2 is 2.17 bits per heavy atom. The van der Waals surface area contributed by atoms with Gasteiger partial charge in [0.2, 0.25) is 0 Å². The number of aryl methyl sites for hydroxylation is 2. The number of fused-ring (bicyclic) bond motifs is 1. The van der Waals surface area contributed by atoms with E-state index in [0.717, 1.165) is 19.5 Å². The molecule has 1 aliphatic rings. The van der Waals surface area contributed by atoms with E-state index in [1.54, 1.807) is 0 Å². The van der Waals surface area contributed by atoms with E-state index in [2.05, 4.69) is 52.9 Å². The molecule has 3 aromatic rings. The molecule has 4 nitrogen and oxygen atoms in total. The highest BCUT2D eigenvalue weighted by molar-refractivity contribution is 5.83. The monoisotopic (exact) mass is 308 g/mol. The largest absolute Gasteiger partial charge is 0.361 e. The van der Waals surface area contributed by atoms with Crippen LogP contribution in [0.5, 0.6) is 0 Å². The molecule has 1 aliphatic carbocycles. The molecule has 2 N–H and O–H groups in total. The lowest BCUT2D eigenvalue weighted by Crippen LogP contribution is -2.17. The number of aromatic amines is 1. The fourth-order valence-electron chi connectivity index (χ4n) is 3.34. The van der Waals surface area contributed by atoms with Gasteiger partial charge >= 0.3 is 0 Å². The summed E-state index contributed by atoms with van der Waals surface area (Å²) in [5, 5.41) is 9.57. The van der Waals surface area contributed by atoms with E-state index < -0.39 is 0 Å². The van der Waals surface area contributed by atoms with Crippen molar-refractivity contribution in [2.75, 3.05) is 6.54 Å². The van der Waals surface area contributed by atoms with E-state index in [0.29, 0.717) is 5.92 Å². The summed E-state index contributed by atoms with van der Waals surface area (Å²) in [6.45, 7) is 4.05. The van der Waals surface area contributed by atoms with Crippen LogP contribution in [0.15, 0.2) is 30.6 Å². The van der Waals surface area contributed by atoms with Crippen molar-refractivity contribution < 1.29 is 0 Å². The lowest BCUT2D eigenvalue weighted by molar-refractivity contribution is 0.683. The molecule has 0 atom stereocenters. The zero-order valence-corrected chi connectivity index (χ0v) is 13.9. The normalized spacial score (nSPS) is 14.7. The molecule has 120 valence electrons. The van der Waals surface area contributed by atoms with E-state index >= 15 is 0 Å². The summed E-state index contributed by atoms with van der Waals surface area (Å²) in [6.07, 6.45) is 7.96. The van der Waals surface area contributed by atoms with Crippen molar-refractivity contribution in [2.45, 2.75) is 38.6 Å². The van der Waals surface area contributed by atoms with Gasteiger partial charge in [-0.3, -0.25) is 4.68 Å². The number of hydrogen-bond donors (Lipinski definition) is 2. The fraction of sp³-hybridized carbons (Fsp3) is 0.421. The highest BCUT2D eigenvalue weighted by Crippen LogP contribution is 2.40. The predicted molar refractivity (Wildman–Crippen MR) is 93.6 cm³/mol. The van der Waals surface area contributed by atoms with Crippen LogP contribution in [-0.2, 0) is 20.0 Å². The third-order valence-electron chi connectivity index (χ3n) is 4.71. The molecule has 2 aromatic heterocycles. The van der Waals surface area contributed by atoms with Crippen molar-refractivity contribution in [3.8, 4) is 0 Å². The van der Waals surface area contributed by atoms with Gasteiger partial charge in [-0.05, 0) is 50.4 Å². The van der Waals surface area contributed by atoms with Gasteiger partial charge in [0.15, 0.2) is 0 Å². The fourth-order valence-corrected chi connectivity index (χ4v) is 3.34. The Labute approximate surface area is 136 Å². The van der Waals surface area contributed by atoms with E-state index in [9.17, 15) is 0 Å². The lowest BCUT2D eigenvalue weighted by atomic mass is 10.1. The first-order chi connectivity index (χ1) is 11.2. The summed E-state index contributed by atoms with van der Waals surface area (Å²) < 4.78 is 1.95. The van der Waals surface area contributed by atoms with Crippen LogP contribution in [0.3, 0.4) is 0 Å². The van der Waals surface area contributed by atoms with Crippen molar-refractivity contribution in [1.82, 2.24) is 20.1 Å². The Morgan fingerprint density at radius 3 is 3.00 bits per heavy atom. The first kappa shape index (κ1) is 14.5. The van der Waals surface area contributed by atoms with Gasteiger partial charge in [-0.15, -0.1) is 0 Å². The van der Waals surface area contributed by atoms with Crippen molar-refractivity contribution >= 4 is 10.9 Å². The number of nitrogens with one attached hydrogen (secondary N) is 2. The standard InChI is InChI=1S/C19H24N4/c1-13-3-6-18-17(9-13)15(11-21-18)7-8-20-10-16-12-23(2)22-19(16)14-4-5-14/h3,6,9,11-12,14,20-21H,4-5,7-8,10H2,1-2H3. The third kappa shape index (κ3) is 3.04. The van der Waals surface area contributed by atoms with Crippen molar-refractivity contribution in [3.05, 3.63) is 53.0 Å². The summed E-state index contributed by atoms with van der Waals surface area (Å²) in [4.78, 5) is 3.37. The SMILES string of the molecule is Cc1ccc2[nH]cc(CCNCc3cn(C)nc3C3CC3)c2c1. The molecule has 0 unspecified atom stereocenters. The maximum absolute atomic E-state index is 4.62. The molecule has 0 saturated heterocycles. The summed E-state index contributed by atoms with van der Waals surface area (Å²) in [5.74, 6) is 0.713. The Balaban J connectivity index is 1.37. The van der Waals surface area contributed by atoms with Gasteiger partial charge in [-0.1, -0.05) is 11.6 Å².